The largest absolute Gasteiger partial charge is 0.392 e. The number of rotatable bonds is 10. The van der Waals surface area contributed by atoms with Crippen molar-refractivity contribution < 1.29 is 5.11 Å². The van der Waals surface area contributed by atoms with Gasteiger partial charge < -0.3 is 5.11 Å². The van der Waals surface area contributed by atoms with Gasteiger partial charge in [-0.15, -0.1) is 0 Å². The summed E-state index contributed by atoms with van der Waals surface area (Å²) in [6.45, 7) is 4.68. The van der Waals surface area contributed by atoms with E-state index in [4.69, 9.17) is 5.11 Å². The molecule has 0 heterocycles. The quantitative estimate of drug-likeness (QED) is 0.422. The summed E-state index contributed by atoms with van der Waals surface area (Å²) >= 11 is 0. The molecule has 1 nitrogen and oxygen atoms in total. The van der Waals surface area contributed by atoms with Crippen LogP contribution in [0.2, 0.25) is 0 Å². The number of hydrogen-bond acceptors (Lipinski definition) is 1. The number of allylic oxidation sites excluding steroid dienone is 1. The van der Waals surface area contributed by atoms with Gasteiger partial charge in [0.25, 0.3) is 0 Å². The normalized spacial score (nSPS) is 13.5. The van der Waals surface area contributed by atoms with Crippen molar-refractivity contribution in [2.24, 2.45) is 5.92 Å². The van der Waals surface area contributed by atoms with Crippen LogP contribution < -0.4 is 0 Å². The van der Waals surface area contributed by atoms with Gasteiger partial charge in [0.15, 0.2) is 0 Å². The van der Waals surface area contributed by atoms with Crippen LogP contribution in [0.4, 0.5) is 0 Å². The fourth-order valence-electron chi connectivity index (χ4n) is 1.89. The summed E-state index contributed by atoms with van der Waals surface area (Å²) in [5.74, 6) is 0.703. The first-order valence-corrected chi connectivity index (χ1v) is 6.62. The molecule has 1 N–H and O–H groups in total. The molecule has 15 heavy (non-hydrogen) atoms. The number of aliphatic hydroxyl groups excluding tert-OH is 1. The van der Waals surface area contributed by atoms with Crippen molar-refractivity contribution in [2.75, 3.05) is 6.61 Å². The first-order valence-electron chi connectivity index (χ1n) is 6.62. The summed E-state index contributed by atoms with van der Waals surface area (Å²) in [5.41, 5.74) is 0. The first kappa shape index (κ1) is 14.7. The third-order valence-electron chi connectivity index (χ3n) is 2.87. The van der Waals surface area contributed by atoms with Gasteiger partial charge in [-0.2, -0.15) is 0 Å². The predicted molar refractivity (Wildman–Crippen MR) is 68.0 cm³/mol. The molecule has 0 saturated heterocycles. The molecule has 0 rings (SSSR count). The molecular weight excluding hydrogens is 184 g/mol. The molecule has 1 unspecified atom stereocenters. The molecule has 0 amide bonds. The Balaban J connectivity index is 3.64. The van der Waals surface area contributed by atoms with Crippen LogP contribution in [-0.2, 0) is 0 Å². The maximum atomic E-state index is 8.76. The van der Waals surface area contributed by atoms with Gasteiger partial charge in [0, 0.05) is 0 Å². The van der Waals surface area contributed by atoms with Crippen molar-refractivity contribution in [3.63, 3.8) is 0 Å². The second-order valence-corrected chi connectivity index (χ2v) is 4.36. The molecule has 1 heteroatoms. The van der Waals surface area contributed by atoms with E-state index in [1.165, 1.54) is 51.4 Å². The van der Waals surface area contributed by atoms with Gasteiger partial charge >= 0.3 is 0 Å². The standard InChI is InChI=1S/C14H28O/c1-3-5-7-8-11-14(10-6-4-2)12-9-13-15/h9,12,14-15H,3-8,10-11,13H2,1-2H3/b12-9+. The van der Waals surface area contributed by atoms with E-state index in [1.807, 2.05) is 6.08 Å². The minimum absolute atomic E-state index is 0.192. The van der Waals surface area contributed by atoms with Crippen LogP contribution in [0.25, 0.3) is 0 Å². The van der Waals surface area contributed by atoms with Crippen LogP contribution in [0.5, 0.6) is 0 Å². The van der Waals surface area contributed by atoms with Gasteiger partial charge in [-0.05, 0) is 18.8 Å². The van der Waals surface area contributed by atoms with E-state index in [1.54, 1.807) is 0 Å². The molecule has 0 fully saturated rings. The Morgan fingerprint density at radius 2 is 1.60 bits per heavy atom. The predicted octanol–water partition coefficient (Wildman–Crippen LogP) is 4.31. The monoisotopic (exact) mass is 212 g/mol. The lowest BCUT2D eigenvalue weighted by molar-refractivity contribution is 0.341. The van der Waals surface area contributed by atoms with Gasteiger partial charge in [0.2, 0.25) is 0 Å². The molecule has 0 spiro atoms. The zero-order chi connectivity index (χ0) is 11.4. The SMILES string of the molecule is CCCCCCC(/C=C/CO)CCCC. The van der Waals surface area contributed by atoms with Crippen LogP contribution in [0.1, 0.15) is 65.2 Å². The Morgan fingerprint density at radius 3 is 2.20 bits per heavy atom. The van der Waals surface area contributed by atoms with Crippen molar-refractivity contribution in [1.82, 2.24) is 0 Å². The van der Waals surface area contributed by atoms with E-state index in [2.05, 4.69) is 19.9 Å². The van der Waals surface area contributed by atoms with Crippen LogP contribution in [0.15, 0.2) is 12.2 Å². The zero-order valence-electron chi connectivity index (χ0n) is 10.5. The highest BCUT2D eigenvalue weighted by atomic mass is 16.2. The van der Waals surface area contributed by atoms with Gasteiger partial charge in [-0.25, -0.2) is 0 Å². The highest BCUT2D eigenvalue weighted by molar-refractivity contribution is 4.87. The lowest BCUT2D eigenvalue weighted by Crippen LogP contribution is -1.97. The highest BCUT2D eigenvalue weighted by Crippen LogP contribution is 2.18. The van der Waals surface area contributed by atoms with Crippen molar-refractivity contribution in [1.29, 1.82) is 0 Å². The molecule has 0 aliphatic carbocycles. The van der Waals surface area contributed by atoms with E-state index < -0.39 is 0 Å². The summed E-state index contributed by atoms with van der Waals surface area (Å²) in [6, 6.07) is 0. The minimum Gasteiger partial charge on any atom is -0.392 e. The Morgan fingerprint density at radius 1 is 0.933 bits per heavy atom. The molecule has 0 aromatic carbocycles. The summed E-state index contributed by atoms with van der Waals surface area (Å²) < 4.78 is 0. The van der Waals surface area contributed by atoms with Crippen LogP contribution in [0, 0.1) is 5.92 Å². The molecular formula is C14H28O. The molecule has 0 aliphatic rings. The van der Waals surface area contributed by atoms with E-state index in [-0.39, 0.29) is 6.61 Å². The molecule has 1 atom stereocenters. The third-order valence-corrected chi connectivity index (χ3v) is 2.87. The molecule has 90 valence electrons. The van der Waals surface area contributed by atoms with Gasteiger partial charge in [-0.3, -0.25) is 0 Å². The molecule has 0 saturated carbocycles. The van der Waals surface area contributed by atoms with Crippen LogP contribution in [-0.4, -0.2) is 11.7 Å². The van der Waals surface area contributed by atoms with Gasteiger partial charge in [-0.1, -0.05) is 64.5 Å². The third kappa shape index (κ3) is 9.99. The average molecular weight is 212 g/mol. The second kappa shape index (κ2) is 11.8. The molecule has 0 aromatic rings. The van der Waals surface area contributed by atoms with Crippen molar-refractivity contribution in [3.8, 4) is 0 Å². The number of unbranched alkanes of at least 4 members (excludes halogenated alkanes) is 4. The molecule has 0 aromatic heterocycles. The highest BCUT2D eigenvalue weighted by Gasteiger charge is 2.03. The molecule has 0 aliphatic heterocycles. The summed E-state index contributed by atoms with van der Waals surface area (Å²) in [7, 11) is 0. The number of aliphatic hydroxyl groups is 1. The van der Waals surface area contributed by atoms with E-state index in [0.29, 0.717) is 5.92 Å². The fourth-order valence-corrected chi connectivity index (χ4v) is 1.89. The summed E-state index contributed by atoms with van der Waals surface area (Å²) in [4.78, 5) is 0. The maximum absolute atomic E-state index is 8.76. The lowest BCUT2D eigenvalue weighted by Gasteiger charge is -2.11. The Kier molecular flexibility index (Phi) is 11.5. The molecule has 0 radical (unpaired) electrons. The topological polar surface area (TPSA) is 20.2 Å². The second-order valence-electron chi connectivity index (χ2n) is 4.36. The Bertz CT molecular complexity index is 140. The minimum atomic E-state index is 0.192. The zero-order valence-corrected chi connectivity index (χ0v) is 10.5. The van der Waals surface area contributed by atoms with Crippen LogP contribution >= 0.6 is 0 Å². The summed E-state index contributed by atoms with van der Waals surface area (Å²) in [5, 5.41) is 8.76. The van der Waals surface area contributed by atoms with Crippen LogP contribution in [0.3, 0.4) is 0 Å². The van der Waals surface area contributed by atoms with Crippen molar-refractivity contribution in [3.05, 3.63) is 12.2 Å². The van der Waals surface area contributed by atoms with E-state index >= 15 is 0 Å². The van der Waals surface area contributed by atoms with E-state index in [9.17, 15) is 0 Å². The van der Waals surface area contributed by atoms with Gasteiger partial charge in [0.05, 0.1) is 6.61 Å². The lowest BCUT2D eigenvalue weighted by atomic mass is 9.95. The molecule has 0 bridgehead atoms. The fraction of sp³-hybridized carbons (Fsp3) is 0.857. The smallest absolute Gasteiger partial charge is 0.0612 e. The van der Waals surface area contributed by atoms with Crippen molar-refractivity contribution >= 4 is 0 Å². The van der Waals surface area contributed by atoms with Gasteiger partial charge in [0.1, 0.15) is 0 Å². The van der Waals surface area contributed by atoms with Crippen molar-refractivity contribution in [2.45, 2.75) is 65.2 Å². The van der Waals surface area contributed by atoms with E-state index in [0.717, 1.165) is 0 Å². The first-order chi connectivity index (χ1) is 7.35. The average Bonchev–Trinajstić information content (AvgIpc) is 2.27. The Hall–Kier alpha value is -0.300. The summed E-state index contributed by atoms with van der Waals surface area (Å²) in [6.07, 6.45) is 14.7. The maximum Gasteiger partial charge on any atom is 0.0612 e. The number of hydrogen-bond donors (Lipinski definition) is 1. The Labute approximate surface area is 95.6 Å².